The molecule has 2 aromatic carbocycles. The molecule has 2 aromatic rings. The average Bonchev–Trinajstić information content (AvgIpc) is 2.66. The van der Waals surface area contributed by atoms with Crippen molar-refractivity contribution in [2.45, 2.75) is 0 Å². The van der Waals surface area contributed by atoms with E-state index in [1.807, 2.05) is 18.2 Å². The van der Waals surface area contributed by atoms with Gasteiger partial charge in [-0.3, -0.25) is 4.79 Å². The fraction of sp³-hybridized carbons (Fsp3) is 0.222. The van der Waals surface area contributed by atoms with E-state index in [0.29, 0.717) is 16.0 Å². The minimum Gasteiger partial charge on any atom is -0.495 e. The number of carbonyl (C=O) groups is 2. The quantitative estimate of drug-likeness (QED) is 0.687. The molecule has 0 saturated heterocycles. The number of nitrogens with zero attached hydrogens (tertiary/aromatic N) is 1. The number of para-hydroxylation sites is 1. The molecule has 0 fully saturated rings. The Hall–Kier alpha value is -2.54. The topological polar surface area (TPSA) is 65.1 Å². The first-order valence-electron chi connectivity index (χ1n) is 7.38. The fourth-order valence-electron chi connectivity index (χ4n) is 2.09. The van der Waals surface area contributed by atoms with Gasteiger partial charge in [0.25, 0.3) is 5.91 Å². The second-order valence-corrected chi connectivity index (χ2v) is 5.85. The standard InChI is InChI=1S/C18H18BrNO5/c1-20(13-7-5-4-6-8-13)16(21)11-25-18(22)12-9-14(23-2)17(19)15(10-12)24-3/h4-10H,11H2,1-3H3. The maximum Gasteiger partial charge on any atom is 0.338 e. The zero-order chi connectivity index (χ0) is 18.4. The first-order valence-corrected chi connectivity index (χ1v) is 8.17. The molecular weight excluding hydrogens is 390 g/mol. The molecule has 6 nitrogen and oxygen atoms in total. The first kappa shape index (κ1) is 18.8. The van der Waals surface area contributed by atoms with Crippen LogP contribution in [-0.4, -0.2) is 39.8 Å². The summed E-state index contributed by atoms with van der Waals surface area (Å²) in [5, 5.41) is 0. The van der Waals surface area contributed by atoms with E-state index >= 15 is 0 Å². The lowest BCUT2D eigenvalue weighted by molar-refractivity contribution is -0.121. The summed E-state index contributed by atoms with van der Waals surface area (Å²) >= 11 is 3.33. The summed E-state index contributed by atoms with van der Waals surface area (Å²) in [4.78, 5) is 25.8. The van der Waals surface area contributed by atoms with E-state index in [2.05, 4.69) is 15.9 Å². The molecule has 2 rings (SSSR count). The number of methoxy groups -OCH3 is 2. The van der Waals surface area contributed by atoms with Crippen molar-refractivity contribution in [2.75, 3.05) is 32.8 Å². The highest BCUT2D eigenvalue weighted by molar-refractivity contribution is 9.10. The Labute approximate surface area is 154 Å². The summed E-state index contributed by atoms with van der Waals surface area (Å²) in [6.45, 7) is -0.370. The molecule has 1 amide bonds. The van der Waals surface area contributed by atoms with Crippen LogP contribution in [0.15, 0.2) is 46.9 Å². The van der Waals surface area contributed by atoms with Crippen molar-refractivity contribution in [2.24, 2.45) is 0 Å². The van der Waals surface area contributed by atoms with Gasteiger partial charge in [0.2, 0.25) is 0 Å². The molecule has 0 aliphatic rings. The molecule has 0 saturated carbocycles. The normalized spacial score (nSPS) is 10.1. The Balaban J connectivity index is 2.06. The van der Waals surface area contributed by atoms with Crippen LogP contribution in [0.3, 0.4) is 0 Å². The molecule has 0 spiro atoms. The zero-order valence-electron chi connectivity index (χ0n) is 14.1. The van der Waals surface area contributed by atoms with E-state index < -0.39 is 5.97 Å². The predicted molar refractivity (Wildman–Crippen MR) is 97.4 cm³/mol. The van der Waals surface area contributed by atoms with E-state index in [1.54, 1.807) is 19.2 Å². The fourth-order valence-corrected chi connectivity index (χ4v) is 2.64. The van der Waals surface area contributed by atoms with E-state index in [0.717, 1.165) is 5.69 Å². The Kier molecular flexibility index (Phi) is 6.41. The van der Waals surface area contributed by atoms with Gasteiger partial charge in [-0.1, -0.05) is 18.2 Å². The maximum atomic E-state index is 12.2. The Bertz CT molecular complexity index is 738. The van der Waals surface area contributed by atoms with Gasteiger partial charge in [-0.2, -0.15) is 0 Å². The van der Waals surface area contributed by atoms with Crippen LogP contribution >= 0.6 is 15.9 Å². The minimum atomic E-state index is -0.640. The Morgan fingerprint density at radius 2 is 1.60 bits per heavy atom. The number of hydrogen-bond donors (Lipinski definition) is 0. The second kappa shape index (κ2) is 8.53. The molecule has 132 valence electrons. The van der Waals surface area contributed by atoms with Crippen molar-refractivity contribution in [1.82, 2.24) is 0 Å². The minimum absolute atomic E-state index is 0.229. The summed E-state index contributed by atoms with van der Waals surface area (Å²) in [6.07, 6.45) is 0. The van der Waals surface area contributed by atoms with Crippen LogP contribution in [0.1, 0.15) is 10.4 Å². The molecule has 0 radical (unpaired) electrons. The van der Waals surface area contributed by atoms with E-state index in [4.69, 9.17) is 14.2 Å². The number of ether oxygens (including phenoxy) is 3. The summed E-state index contributed by atoms with van der Waals surface area (Å²) in [5.41, 5.74) is 0.947. The van der Waals surface area contributed by atoms with Gasteiger partial charge in [-0.15, -0.1) is 0 Å². The summed E-state index contributed by atoms with van der Waals surface area (Å²) < 4.78 is 16.1. The monoisotopic (exact) mass is 407 g/mol. The number of carbonyl (C=O) groups excluding carboxylic acids is 2. The van der Waals surface area contributed by atoms with Gasteiger partial charge in [0, 0.05) is 12.7 Å². The molecule has 25 heavy (non-hydrogen) atoms. The molecule has 0 bridgehead atoms. The number of halogens is 1. The number of amides is 1. The summed E-state index contributed by atoms with van der Waals surface area (Å²) in [6, 6.07) is 12.1. The number of likely N-dealkylation sites (N-methyl/N-ethyl adjacent to an activating group) is 1. The molecule has 0 aliphatic carbocycles. The molecule has 0 aromatic heterocycles. The number of hydrogen-bond acceptors (Lipinski definition) is 5. The highest BCUT2D eigenvalue weighted by Gasteiger charge is 2.18. The van der Waals surface area contributed by atoms with Crippen molar-refractivity contribution in [3.8, 4) is 11.5 Å². The summed E-state index contributed by atoms with van der Waals surface area (Å²) in [5.74, 6) is -0.118. The lowest BCUT2D eigenvalue weighted by Crippen LogP contribution is -2.31. The number of anilines is 1. The molecule has 0 N–H and O–H groups in total. The lowest BCUT2D eigenvalue weighted by atomic mass is 10.2. The molecule has 0 unspecified atom stereocenters. The van der Waals surface area contributed by atoms with Crippen LogP contribution in [0.4, 0.5) is 5.69 Å². The largest absolute Gasteiger partial charge is 0.495 e. The van der Waals surface area contributed by atoms with Gasteiger partial charge < -0.3 is 19.1 Å². The molecular formula is C18H18BrNO5. The first-order chi connectivity index (χ1) is 12.0. The van der Waals surface area contributed by atoms with Gasteiger partial charge in [0.15, 0.2) is 6.61 Å². The molecule has 0 atom stereocenters. The van der Waals surface area contributed by atoms with Crippen LogP contribution in [0.5, 0.6) is 11.5 Å². The van der Waals surface area contributed by atoms with E-state index in [-0.39, 0.29) is 18.1 Å². The van der Waals surface area contributed by atoms with Gasteiger partial charge >= 0.3 is 5.97 Å². The van der Waals surface area contributed by atoms with Crippen LogP contribution in [0.2, 0.25) is 0 Å². The van der Waals surface area contributed by atoms with Gasteiger partial charge in [0.1, 0.15) is 16.0 Å². The smallest absolute Gasteiger partial charge is 0.338 e. The van der Waals surface area contributed by atoms with Crippen LogP contribution in [0, 0.1) is 0 Å². The van der Waals surface area contributed by atoms with Crippen molar-refractivity contribution in [1.29, 1.82) is 0 Å². The average molecular weight is 408 g/mol. The Morgan fingerprint density at radius 1 is 1.04 bits per heavy atom. The number of rotatable bonds is 6. The van der Waals surface area contributed by atoms with Gasteiger partial charge in [0.05, 0.1) is 19.8 Å². The third-order valence-corrected chi connectivity index (χ3v) is 4.31. The highest BCUT2D eigenvalue weighted by Crippen LogP contribution is 2.35. The second-order valence-electron chi connectivity index (χ2n) is 5.06. The van der Waals surface area contributed by atoms with Crippen molar-refractivity contribution in [3.05, 3.63) is 52.5 Å². The SMILES string of the molecule is COc1cc(C(=O)OCC(=O)N(C)c2ccccc2)cc(OC)c1Br. The third kappa shape index (κ3) is 4.51. The van der Waals surface area contributed by atoms with Crippen molar-refractivity contribution >= 4 is 33.5 Å². The number of esters is 1. The van der Waals surface area contributed by atoms with Crippen LogP contribution in [0.25, 0.3) is 0 Å². The van der Waals surface area contributed by atoms with Crippen LogP contribution < -0.4 is 14.4 Å². The molecule has 7 heteroatoms. The third-order valence-electron chi connectivity index (χ3n) is 3.53. The highest BCUT2D eigenvalue weighted by atomic mass is 79.9. The zero-order valence-corrected chi connectivity index (χ0v) is 15.7. The summed E-state index contributed by atoms with van der Waals surface area (Å²) in [7, 11) is 4.58. The van der Waals surface area contributed by atoms with Gasteiger partial charge in [-0.25, -0.2) is 4.79 Å². The Morgan fingerprint density at radius 3 is 2.12 bits per heavy atom. The number of benzene rings is 2. The van der Waals surface area contributed by atoms with Gasteiger partial charge in [-0.05, 0) is 40.2 Å². The van der Waals surface area contributed by atoms with E-state index in [1.165, 1.54) is 31.3 Å². The predicted octanol–water partition coefficient (Wildman–Crippen LogP) is 3.29. The van der Waals surface area contributed by atoms with E-state index in [9.17, 15) is 9.59 Å². The molecule has 0 heterocycles. The molecule has 0 aliphatic heterocycles. The maximum absolute atomic E-state index is 12.2. The van der Waals surface area contributed by atoms with Crippen molar-refractivity contribution in [3.63, 3.8) is 0 Å². The lowest BCUT2D eigenvalue weighted by Gasteiger charge is -2.17. The van der Waals surface area contributed by atoms with Crippen LogP contribution in [-0.2, 0) is 9.53 Å². The van der Waals surface area contributed by atoms with Crippen molar-refractivity contribution < 1.29 is 23.8 Å².